The third-order valence-corrected chi connectivity index (χ3v) is 3.82. The number of hydrogen-bond acceptors (Lipinski definition) is 6. The van der Waals surface area contributed by atoms with Crippen molar-refractivity contribution in [1.29, 1.82) is 0 Å². The first kappa shape index (κ1) is 16.6. The van der Waals surface area contributed by atoms with E-state index < -0.39 is 17.5 Å². The lowest BCUT2D eigenvalue weighted by Crippen LogP contribution is -2.31. The molecule has 1 aromatic carbocycles. The summed E-state index contributed by atoms with van der Waals surface area (Å²) >= 11 is 0. The average molecular weight is 368 g/mol. The van der Waals surface area contributed by atoms with E-state index in [-0.39, 0.29) is 19.0 Å². The molecule has 0 fully saturated rings. The molecule has 136 valence electrons. The summed E-state index contributed by atoms with van der Waals surface area (Å²) in [6.45, 7) is -0.179. The third kappa shape index (κ3) is 3.45. The zero-order chi connectivity index (χ0) is 18.8. The maximum absolute atomic E-state index is 13.0. The molecule has 0 bridgehead atoms. The molecule has 27 heavy (non-hydrogen) atoms. The van der Waals surface area contributed by atoms with Gasteiger partial charge in [-0.15, -0.1) is 15.3 Å². The van der Waals surface area contributed by atoms with Gasteiger partial charge in [0.15, 0.2) is 11.5 Å². The van der Waals surface area contributed by atoms with Crippen molar-refractivity contribution in [2.45, 2.75) is 13.1 Å². The summed E-state index contributed by atoms with van der Waals surface area (Å²) in [7, 11) is 0. The molecule has 4 aromatic rings. The Morgan fingerprint density at radius 2 is 1.96 bits per heavy atom. The number of nitrogens with one attached hydrogen (secondary N) is 1. The molecule has 4 rings (SSSR count). The summed E-state index contributed by atoms with van der Waals surface area (Å²) in [4.78, 5) is 24.0. The highest BCUT2D eigenvalue weighted by atomic mass is 19.1. The van der Waals surface area contributed by atoms with Crippen LogP contribution in [0, 0.1) is 5.82 Å². The van der Waals surface area contributed by atoms with E-state index in [9.17, 15) is 14.0 Å². The summed E-state index contributed by atoms with van der Waals surface area (Å²) < 4.78 is 20.6. The van der Waals surface area contributed by atoms with Crippen LogP contribution in [-0.4, -0.2) is 30.3 Å². The topological polar surface area (TPSA) is 107 Å². The zero-order valence-corrected chi connectivity index (χ0v) is 13.9. The lowest BCUT2D eigenvalue weighted by molar-refractivity contribution is -0.122. The largest absolute Gasteiger partial charge is 0.437 e. The van der Waals surface area contributed by atoms with Gasteiger partial charge in [0.05, 0.1) is 6.54 Å². The van der Waals surface area contributed by atoms with E-state index in [1.165, 1.54) is 24.3 Å². The molecule has 10 heteroatoms. The van der Waals surface area contributed by atoms with Gasteiger partial charge in [-0.3, -0.25) is 9.20 Å². The number of benzene rings is 1. The van der Waals surface area contributed by atoms with Crippen molar-refractivity contribution >= 4 is 11.6 Å². The van der Waals surface area contributed by atoms with Crippen LogP contribution in [0.4, 0.5) is 4.39 Å². The summed E-state index contributed by atoms with van der Waals surface area (Å²) in [5.74, 6) is -1.07. The molecule has 0 radical (unpaired) electrons. The van der Waals surface area contributed by atoms with Gasteiger partial charge in [0.2, 0.25) is 11.8 Å². The van der Waals surface area contributed by atoms with Gasteiger partial charge in [-0.1, -0.05) is 6.07 Å². The van der Waals surface area contributed by atoms with E-state index in [2.05, 4.69) is 20.6 Å². The number of aromatic nitrogens is 5. The molecule has 0 atom stereocenters. The molecule has 1 amide bonds. The lowest BCUT2D eigenvalue weighted by Gasteiger charge is -2.03. The van der Waals surface area contributed by atoms with Crippen molar-refractivity contribution in [2.75, 3.05) is 0 Å². The van der Waals surface area contributed by atoms with E-state index >= 15 is 0 Å². The first-order chi connectivity index (χ1) is 13.1. The second-order valence-corrected chi connectivity index (χ2v) is 5.66. The Bertz CT molecular complexity index is 1160. The Morgan fingerprint density at radius 1 is 1.15 bits per heavy atom. The summed E-state index contributed by atoms with van der Waals surface area (Å²) in [5.41, 5.74) is 1.10. The summed E-state index contributed by atoms with van der Waals surface area (Å²) in [5, 5.41) is 14.6. The molecule has 0 unspecified atom stereocenters. The summed E-state index contributed by atoms with van der Waals surface area (Å²) in [6, 6.07) is 10.8. The van der Waals surface area contributed by atoms with Crippen molar-refractivity contribution in [3.05, 3.63) is 70.9 Å². The fourth-order valence-corrected chi connectivity index (χ4v) is 2.50. The van der Waals surface area contributed by atoms with Crippen LogP contribution in [0.25, 0.3) is 17.1 Å². The minimum Gasteiger partial charge on any atom is -0.388 e. The Hall–Kier alpha value is -3.82. The van der Waals surface area contributed by atoms with Gasteiger partial charge >= 0.3 is 5.76 Å². The van der Waals surface area contributed by atoms with Gasteiger partial charge in [-0.05, 0) is 36.4 Å². The molecule has 3 aromatic heterocycles. The van der Waals surface area contributed by atoms with Crippen LogP contribution in [0.5, 0.6) is 0 Å². The highest BCUT2D eigenvalue weighted by Gasteiger charge is 2.14. The molecule has 0 saturated heterocycles. The van der Waals surface area contributed by atoms with Gasteiger partial charge in [0.1, 0.15) is 12.4 Å². The van der Waals surface area contributed by atoms with Gasteiger partial charge in [-0.2, -0.15) is 4.68 Å². The molecule has 0 spiro atoms. The van der Waals surface area contributed by atoms with Gasteiger partial charge in [-0.25, -0.2) is 9.18 Å². The number of amides is 1. The predicted octanol–water partition coefficient (Wildman–Crippen LogP) is 1.00. The van der Waals surface area contributed by atoms with Crippen LogP contribution in [0.2, 0.25) is 0 Å². The van der Waals surface area contributed by atoms with E-state index in [4.69, 9.17) is 4.42 Å². The second-order valence-electron chi connectivity index (χ2n) is 5.66. The number of fused-ring (bicyclic) bond motifs is 1. The Balaban J connectivity index is 1.44. The standard InChI is InChI=1S/C17H13FN6O3/c18-12-6-4-11(5-7-12)16-22-24(17(26)27-16)10-15(25)19-9-14-21-20-13-3-1-2-8-23(13)14/h1-8H,9-10H2,(H,19,25). The second kappa shape index (κ2) is 6.83. The Morgan fingerprint density at radius 3 is 2.78 bits per heavy atom. The van der Waals surface area contributed by atoms with Gasteiger partial charge in [0.25, 0.3) is 0 Å². The zero-order valence-electron chi connectivity index (χ0n) is 13.9. The van der Waals surface area contributed by atoms with E-state index in [0.717, 1.165) is 4.68 Å². The fraction of sp³-hybridized carbons (Fsp3) is 0.118. The number of halogens is 1. The van der Waals surface area contributed by atoms with E-state index in [1.54, 1.807) is 16.7 Å². The van der Waals surface area contributed by atoms with E-state index in [0.29, 0.717) is 17.0 Å². The molecule has 0 aliphatic heterocycles. The highest BCUT2D eigenvalue weighted by Crippen LogP contribution is 2.15. The monoisotopic (exact) mass is 368 g/mol. The number of carbonyl (C=O) groups is 1. The molecule has 3 heterocycles. The first-order valence-corrected chi connectivity index (χ1v) is 7.99. The average Bonchev–Trinajstić information content (AvgIpc) is 3.24. The quantitative estimate of drug-likeness (QED) is 0.563. The molecule has 0 saturated carbocycles. The van der Waals surface area contributed by atoms with Crippen molar-refractivity contribution in [1.82, 2.24) is 29.7 Å². The van der Waals surface area contributed by atoms with Crippen molar-refractivity contribution in [2.24, 2.45) is 0 Å². The Labute approximate surface area is 151 Å². The normalized spacial score (nSPS) is 11.0. The van der Waals surface area contributed by atoms with Gasteiger partial charge in [0, 0.05) is 11.8 Å². The number of nitrogens with zero attached hydrogens (tertiary/aromatic N) is 5. The van der Waals surface area contributed by atoms with Crippen LogP contribution in [0.15, 0.2) is 57.9 Å². The molecular weight excluding hydrogens is 355 g/mol. The Kier molecular flexibility index (Phi) is 4.21. The SMILES string of the molecule is O=C(Cn1nc(-c2ccc(F)cc2)oc1=O)NCc1nnc2ccccn12. The number of pyridine rings is 1. The number of rotatable bonds is 5. The fourth-order valence-electron chi connectivity index (χ4n) is 2.50. The van der Waals surface area contributed by atoms with Crippen LogP contribution in [0.3, 0.4) is 0 Å². The van der Waals surface area contributed by atoms with Gasteiger partial charge < -0.3 is 9.73 Å². The van der Waals surface area contributed by atoms with Crippen molar-refractivity contribution in [3.8, 4) is 11.5 Å². The lowest BCUT2D eigenvalue weighted by atomic mass is 10.2. The van der Waals surface area contributed by atoms with E-state index in [1.807, 2.05) is 12.1 Å². The molecule has 0 aliphatic carbocycles. The number of carbonyl (C=O) groups excluding carboxylic acids is 1. The predicted molar refractivity (Wildman–Crippen MR) is 91.0 cm³/mol. The van der Waals surface area contributed by atoms with Crippen LogP contribution in [0.1, 0.15) is 5.82 Å². The smallest absolute Gasteiger partial charge is 0.388 e. The summed E-state index contributed by atoms with van der Waals surface area (Å²) in [6.07, 6.45) is 1.79. The van der Waals surface area contributed by atoms with Crippen molar-refractivity contribution in [3.63, 3.8) is 0 Å². The maximum atomic E-state index is 13.0. The van der Waals surface area contributed by atoms with Crippen LogP contribution in [-0.2, 0) is 17.9 Å². The van der Waals surface area contributed by atoms with Crippen LogP contribution < -0.4 is 11.1 Å². The highest BCUT2D eigenvalue weighted by molar-refractivity contribution is 5.75. The molecule has 0 aliphatic rings. The molecule has 9 nitrogen and oxygen atoms in total. The molecular formula is C17H13FN6O3. The third-order valence-electron chi connectivity index (χ3n) is 3.82. The maximum Gasteiger partial charge on any atom is 0.437 e. The van der Waals surface area contributed by atoms with Crippen molar-refractivity contribution < 1.29 is 13.6 Å². The first-order valence-electron chi connectivity index (χ1n) is 7.99. The number of hydrogen-bond donors (Lipinski definition) is 1. The van der Waals surface area contributed by atoms with Crippen LogP contribution >= 0.6 is 0 Å². The minimum atomic E-state index is -0.780. The minimum absolute atomic E-state index is 0.0104. The molecule has 1 N–H and O–H groups in total.